The number of amides is 1. The zero-order valence-corrected chi connectivity index (χ0v) is 13.4. The van der Waals surface area contributed by atoms with Gasteiger partial charge in [-0.25, -0.2) is 4.79 Å². The summed E-state index contributed by atoms with van der Waals surface area (Å²) in [4.78, 5) is 25.7. The molecule has 124 valence electrons. The van der Waals surface area contributed by atoms with Gasteiger partial charge in [-0.05, 0) is 42.7 Å². The fraction of sp³-hybridized carbons (Fsp3) is 0.263. The maximum Gasteiger partial charge on any atom is 0.335 e. The normalized spacial score (nSPS) is 17.0. The van der Waals surface area contributed by atoms with Gasteiger partial charge in [-0.3, -0.25) is 4.79 Å². The molecule has 0 aliphatic carbocycles. The smallest absolute Gasteiger partial charge is 0.335 e. The van der Waals surface area contributed by atoms with Crippen LogP contribution in [0, 0.1) is 6.92 Å². The molecular formula is C19H19NO4. The largest absolute Gasteiger partial charge is 0.508 e. The van der Waals surface area contributed by atoms with Gasteiger partial charge in [0, 0.05) is 24.6 Å². The Morgan fingerprint density at radius 2 is 1.92 bits per heavy atom. The summed E-state index contributed by atoms with van der Waals surface area (Å²) in [5, 5.41) is 19.1. The molecule has 2 N–H and O–H groups in total. The van der Waals surface area contributed by atoms with E-state index in [4.69, 9.17) is 0 Å². The summed E-state index contributed by atoms with van der Waals surface area (Å²) in [6.07, 6.45) is 0.730. The van der Waals surface area contributed by atoms with Crippen LogP contribution in [-0.4, -0.2) is 40.1 Å². The van der Waals surface area contributed by atoms with Crippen LogP contribution < -0.4 is 0 Å². The van der Waals surface area contributed by atoms with Crippen molar-refractivity contribution in [3.63, 3.8) is 0 Å². The van der Waals surface area contributed by atoms with E-state index in [0.29, 0.717) is 24.2 Å². The Balaban J connectivity index is 1.79. The van der Waals surface area contributed by atoms with E-state index in [9.17, 15) is 19.8 Å². The molecule has 1 aliphatic rings. The zero-order valence-electron chi connectivity index (χ0n) is 13.4. The number of aromatic carboxylic acids is 1. The van der Waals surface area contributed by atoms with E-state index in [2.05, 4.69) is 0 Å². The number of nitrogens with zero attached hydrogens (tertiary/aromatic N) is 1. The Morgan fingerprint density at radius 3 is 2.62 bits per heavy atom. The molecule has 2 aromatic carbocycles. The second-order valence-electron chi connectivity index (χ2n) is 6.13. The molecule has 0 spiro atoms. The lowest BCUT2D eigenvalue weighted by Crippen LogP contribution is -2.28. The number of carboxylic acids is 1. The first-order chi connectivity index (χ1) is 11.5. The molecule has 24 heavy (non-hydrogen) atoms. The van der Waals surface area contributed by atoms with Crippen molar-refractivity contribution in [3.05, 3.63) is 64.7 Å². The van der Waals surface area contributed by atoms with Crippen molar-refractivity contribution < 1.29 is 19.8 Å². The van der Waals surface area contributed by atoms with Crippen molar-refractivity contribution in [2.45, 2.75) is 19.3 Å². The number of hydrogen-bond acceptors (Lipinski definition) is 3. The number of phenolic OH excluding ortho intramolecular Hbond substituents is 1. The molecule has 1 aliphatic heterocycles. The molecule has 1 unspecified atom stereocenters. The molecule has 0 radical (unpaired) electrons. The standard InChI is InChI=1S/C19H19NO4/c1-12-6-7-13(10-17(12)21)18(22)20-9-8-14(11-20)15-4-2-3-5-16(15)19(23)24/h2-7,10,14,21H,8-9,11H2,1H3,(H,23,24). The van der Waals surface area contributed by atoms with E-state index >= 15 is 0 Å². The van der Waals surface area contributed by atoms with Crippen molar-refractivity contribution in [1.82, 2.24) is 4.90 Å². The van der Waals surface area contributed by atoms with E-state index in [1.807, 2.05) is 12.1 Å². The summed E-state index contributed by atoms with van der Waals surface area (Å²) >= 11 is 0. The van der Waals surface area contributed by atoms with E-state index in [1.165, 1.54) is 6.07 Å². The van der Waals surface area contributed by atoms with E-state index < -0.39 is 5.97 Å². The van der Waals surface area contributed by atoms with Crippen molar-refractivity contribution >= 4 is 11.9 Å². The highest BCUT2D eigenvalue weighted by molar-refractivity contribution is 5.95. The first-order valence-electron chi connectivity index (χ1n) is 7.88. The highest BCUT2D eigenvalue weighted by Crippen LogP contribution is 2.31. The SMILES string of the molecule is Cc1ccc(C(=O)N2CCC(c3ccccc3C(=O)O)C2)cc1O. The van der Waals surface area contributed by atoms with Crippen molar-refractivity contribution in [3.8, 4) is 5.75 Å². The highest BCUT2D eigenvalue weighted by Gasteiger charge is 2.30. The minimum atomic E-state index is -0.946. The van der Waals surface area contributed by atoms with Gasteiger partial charge in [0.25, 0.3) is 5.91 Å². The number of carbonyl (C=O) groups is 2. The molecule has 1 atom stereocenters. The third-order valence-electron chi connectivity index (χ3n) is 4.56. The number of phenols is 1. The van der Waals surface area contributed by atoms with Crippen LogP contribution in [0.5, 0.6) is 5.75 Å². The van der Waals surface area contributed by atoms with Gasteiger partial charge in [-0.1, -0.05) is 24.3 Å². The number of carbonyl (C=O) groups excluding carboxylic acids is 1. The number of aryl methyl sites for hydroxylation is 1. The predicted molar refractivity (Wildman–Crippen MR) is 89.5 cm³/mol. The van der Waals surface area contributed by atoms with Crippen LogP contribution in [0.1, 0.15) is 44.2 Å². The lowest BCUT2D eigenvalue weighted by atomic mass is 9.93. The predicted octanol–water partition coefficient (Wildman–Crippen LogP) is 3.03. The van der Waals surface area contributed by atoms with Crippen molar-refractivity contribution in [2.75, 3.05) is 13.1 Å². The van der Waals surface area contributed by atoms with Gasteiger partial charge in [0.05, 0.1) is 5.56 Å². The lowest BCUT2D eigenvalue weighted by molar-refractivity contribution is 0.0695. The first-order valence-corrected chi connectivity index (χ1v) is 7.88. The topological polar surface area (TPSA) is 77.8 Å². The summed E-state index contributed by atoms with van der Waals surface area (Å²) in [5.74, 6) is -0.965. The van der Waals surface area contributed by atoms with Gasteiger partial charge in [0.2, 0.25) is 0 Å². The number of rotatable bonds is 3. The summed E-state index contributed by atoms with van der Waals surface area (Å²) in [7, 11) is 0. The average Bonchev–Trinajstić information content (AvgIpc) is 3.06. The summed E-state index contributed by atoms with van der Waals surface area (Å²) in [5.41, 5.74) is 2.24. The minimum Gasteiger partial charge on any atom is -0.508 e. The quantitative estimate of drug-likeness (QED) is 0.909. The zero-order chi connectivity index (χ0) is 17.3. The Bertz CT molecular complexity index is 800. The lowest BCUT2D eigenvalue weighted by Gasteiger charge is -2.18. The second kappa shape index (κ2) is 6.35. The summed E-state index contributed by atoms with van der Waals surface area (Å²) < 4.78 is 0. The number of benzene rings is 2. The molecule has 0 saturated carbocycles. The Kier molecular flexibility index (Phi) is 4.25. The van der Waals surface area contributed by atoms with Crippen LogP contribution in [0.3, 0.4) is 0 Å². The second-order valence-corrected chi connectivity index (χ2v) is 6.13. The number of carboxylic acid groups (broad SMARTS) is 1. The molecule has 1 fully saturated rings. The minimum absolute atomic E-state index is 0.0142. The summed E-state index contributed by atoms with van der Waals surface area (Å²) in [6.45, 7) is 2.84. The Morgan fingerprint density at radius 1 is 1.17 bits per heavy atom. The molecular weight excluding hydrogens is 306 g/mol. The molecule has 5 heteroatoms. The monoisotopic (exact) mass is 325 g/mol. The number of aromatic hydroxyl groups is 1. The third-order valence-corrected chi connectivity index (χ3v) is 4.56. The van der Waals surface area contributed by atoms with Gasteiger partial charge >= 0.3 is 5.97 Å². The van der Waals surface area contributed by atoms with Gasteiger partial charge in [-0.2, -0.15) is 0 Å². The Hall–Kier alpha value is -2.82. The third kappa shape index (κ3) is 2.97. The molecule has 0 aromatic heterocycles. The molecule has 5 nitrogen and oxygen atoms in total. The molecule has 1 heterocycles. The molecule has 1 amide bonds. The van der Waals surface area contributed by atoms with E-state index in [1.54, 1.807) is 36.1 Å². The van der Waals surface area contributed by atoms with Crippen molar-refractivity contribution in [2.24, 2.45) is 0 Å². The van der Waals surface area contributed by atoms with Crippen LogP contribution in [0.15, 0.2) is 42.5 Å². The molecule has 3 rings (SSSR count). The van der Waals surface area contributed by atoms with E-state index in [-0.39, 0.29) is 17.6 Å². The number of hydrogen-bond donors (Lipinski definition) is 2. The van der Waals surface area contributed by atoms with Crippen LogP contribution in [-0.2, 0) is 0 Å². The van der Waals surface area contributed by atoms with Crippen LogP contribution >= 0.6 is 0 Å². The van der Waals surface area contributed by atoms with E-state index in [0.717, 1.165) is 17.5 Å². The van der Waals surface area contributed by atoms with Gasteiger partial charge in [-0.15, -0.1) is 0 Å². The highest BCUT2D eigenvalue weighted by atomic mass is 16.4. The maximum absolute atomic E-state index is 12.6. The van der Waals surface area contributed by atoms with Crippen LogP contribution in [0.25, 0.3) is 0 Å². The molecule has 1 saturated heterocycles. The average molecular weight is 325 g/mol. The summed E-state index contributed by atoms with van der Waals surface area (Å²) in [6, 6.07) is 11.9. The first kappa shape index (κ1) is 16.1. The van der Waals surface area contributed by atoms with Crippen LogP contribution in [0.4, 0.5) is 0 Å². The van der Waals surface area contributed by atoms with Gasteiger partial charge in [0.1, 0.15) is 5.75 Å². The Labute approximate surface area is 140 Å². The van der Waals surface area contributed by atoms with Gasteiger partial charge < -0.3 is 15.1 Å². The number of likely N-dealkylation sites (tertiary alicyclic amines) is 1. The van der Waals surface area contributed by atoms with Crippen LogP contribution in [0.2, 0.25) is 0 Å². The molecule has 0 bridgehead atoms. The van der Waals surface area contributed by atoms with Gasteiger partial charge in [0.15, 0.2) is 0 Å². The molecule has 2 aromatic rings. The van der Waals surface area contributed by atoms with Crippen molar-refractivity contribution in [1.29, 1.82) is 0 Å². The fourth-order valence-electron chi connectivity index (χ4n) is 3.17. The maximum atomic E-state index is 12.6. The fourth-order valence-corrected chi connectivity index (χ4v) is 3.17.